The molecule has 2 heterocycles. The fourth-order valence-electron chi connectivity index (χ4n) is 3.90. The molecule has 5 heteroatoms. The van der Waals surface area contributed by atoms with Gasteiger partial charge in [0.15, 0.2) is 11.5 Å². The molecule has 1 N–H and O–H groups in total. The lowest BCUT2D eigenvalue weighted by Gasteiger charge is -2.33. The highest BCUT2D eigenvalue weighted by molar-refractivity contribution is 5.63. The fraction of sp³-hybridized carbons (Fsp3) is 0.333. The summed E-state index contributed by atoms with van der Waals surface area (Å²) in [4.78, 5) is 0. The molecule has 0 saturated heterocycles. The maximum absolute atomic E-state index is 5.73. The molecule has 0 fully saturated rings. The molecule has 1 aliphatic heterocycles. The van der Waals surface area contributed by atoms with Gasteiger partial charge in [-0.05, 0) is 37.1 Å². The number of aromatic nitrogens is 2. The van der Waals surface area contributed by atoms with E-state index in [1.54, 1.807) is 6.20 Å². The van der Waals surface area contributed by atoms with E-state index >= 15 is 0 Å². The molecular weight excluding hydrogens is 362 g/mol. The fourth-order valence-corrected chi connectivity index (χ4v) is 3.90. The predicted molar refractivity (Wildman–Crippen MR) is 114 cm³/mol. The number of hydrogen-bond donors (Lipinski definition) is 1. The van der Waals surface area contributed by atoms with Crippen molar-refractivity contribution in [1.29, 1.82) is 0 Å². The lowest BCUT2D eigenvalue weighted by atomic mass is 9.85. The number of ether oxygens (including phenoxy) is 2. The van der Waals surface area contributed by atoms with Crippen LogP contribution in [0, 0.1) is 0 Å². The Kier molecular flexibility index (Phi) is 5.76. The molecular formula is C24H27N3O2. The summed E-state index contributed by atoms with van der Waals surface area (Å²) in [5.74, 6) is 1.64. The third kappa shape index (κ3) is 4.25. The maximum Gasteiger partial charge on any atom is 0.161 e. The standard InChI is InChI=1S/C24H27N3O2/c1-3-12-24(2,20-11-13-26-27-23(20)19-7-5-4-6-8-19)25-17-18-9-10-21-22(16-18)29-15-14-28-21/h4-11,13,16,25H,3,12,14-15,17H2,1-2H3. The number of hydrogen-bond acceptors (Lipinski definition) is 5. The van der Waals surface area contributed by atoms with Crippen LogP contribution in [0.1, 0.15) is 37.8 Å². The van der Waals surface area contributed by atoms with Gasteiger partial charge in [0.1, 0.15) is 13.2 Å². The summed E-state index contributed by atoms with van der Waals surface area (Å²) >= 11 is 0. The van der Waals surface area contributed by atoms with Crippen LogP contribution in [0.15, 0.2) is 60.8 Å². The second-order valence-corrected chi connectivity index (χ2v) is 7.57. The molecule has 0 aliphatic carbocycles. The van der Waals surface area contributed by atoms with Gasteiger partial charge in [0.25, 0.3) is 0 Å². The normalized spacial score (nSPS) is 15.0. The summed E-state index contributed by atoms with van der Waals surface area (Å²) < 4.78 is 11.4. The first-order valence-corrected chi connectivity index (χ1v) is 10.2. The third-order valence-corrected chi connectivity index (χ3v) is 5.40. The summed E-state index contributed by atoms with van der Waals surface area (Å²) in [5, 5.41) is 12.4. The second kappa shape index (κ2) is 8.62. The van der Waals surface area contributed by atoms with Crippen molar-refractivity contribution in [2.45, 2.75) is 38.8 Å². The van der Waals surface area contributed by atoms with Crippen molar-refractivity contribution in [3.05, 3.63) is 71.9 Å². The third-order valence-electron chi connectivity index (χ3n) is 5.40. The molecule has 150 valence electrons. The van der Waals surface area contributed by atoms with Crippen LogP contribution in [0.2, 0.25) is 0 Å². The molecule has 1 aliphatic rings. The van der Waals surface area contributed by atoms with Crippen LogP contribution in [-0.4, -0.2) is 23.4 Å². The molecule has 3 aromatic rings. The predicted octanol–water partition coefficient (Wildman–Crippen LogP) is 4.72. The monoisotopic (exact) mass is 389 g/mol. The molecule has 0 radical (unpaired) electrons. The van der Waals surface area contributed by atoms with Crippen molar-refractivity contribution in [2.24, 2.45) is 0 Å². The minimum absolute atomic E-state index is 0.233. The van der Waals surface area contributed by atoms with Crippen molar-refractivity contribution >= 4 is 0 Å². The number of benzene rings is 2. The Balaban J connectivity index is 1.62. The van der Waals surface area contributed by atoms with Crippen molar-refractivity contribution < 1.29 is 9.47 Å². The van der Waals surface area contributed by atoms with Gasteiger partial charge in [-0.15, -0.1) is 0 Å². The zero-order valence-corrected chi connectivity index (χ0v) is 17.0. The van der Waals surface area contributed by atoms with Gasteiger partial charge < -0.3 is 14.8 Å². The highest BCUT2D eigenvalue weighted by Crippen LogP contribution is 2.34. The first-order chi connectivity index (χ1) is 14.2. The first kappa shape index (κ1) is 19.4. The summed E-state index contributed by atoms with van der Waals surface area (Å²) in [6, 6.07) is 18.5. The highest BCUT2D eigenvalue weighted by atomic mass is 16.6. The number of nitrogens with one attached hydrogen (secondary N) is 1. The quantitative estimate of drug-likeness (QED) is 0.634. The van der Waals surface area contributed by atoms with Crippen LogP contribution in [0.3, 0.4) is 0 Å². The number of fused-ring (bicyclic) bond motifs is 1. The summed E-state index contributed by atoms with van der Waals surface area (Å²) in [6.07, 6.45) is 3.83. The number of nitrogens with zero attached hydrogens (tertiary/aromatic N) is 2. The van der Waals surface area contributed by atoms with Crippen LogP contribution in [0.5, 0.6) is 11.5 Å². The van der Waals surface area contributed by atoms with Gasteiger partial charge in [-0.2, -0.15) is 10.2 Å². The Morgan fingerprint density at radius 3 is 2.59 bits per heavy atom. The van der Waals surface area contributed by atoms with Gasteiger partial charge in [0.2, 0.25) is 0 Å². The second-order valence-electron chi connectivity index (χ2n) is 7.57. The maximum atomic E-state index is 5.73. The Hall–Kier alpha value is -2.92. The van der Waals surface area contributed by atoms with E-state index in [4.69, 9.17) is 9.47 Å². The molecule has 29 heavy (non-hydrogen) atoms. The molecule has 1 atom stereocenters. The Bertz CT molecular complexity index is 961. The minimum Gasteiger partial charge on any atom is -0.486 e. The van der Waals surface area contributed by atoms with E-state index in [9.17, 15) is 0 Å². The van der Waals surface area contributed by atoms with Gasteiger partial charge in [-0.1, -0.05) is 49.7 Å². The van der Waals surface area contributed by atoms with Gasteiger partial charge in [0, 0.05) is 29.4 Å². The van der Waals surface area contributed by atoms with Crippen LogP contribution in [-0.2, 0) is 12.1 Å². The Labute approximate surface area is 172 Å². The summed E-state index contributed by atoms with van der Waals surface area (Å²) in [6.45, 7) is 6.39. The lowest BCUT2D eigenvalue weighted by Crippen LogP contribution is -2.39. The van der Waals surface area contributed by atoms with Crippen molar-refractivity contribution in [3.63, 3.8) is 0 Å². The van der Waals surface area contributed by atoms with E-state index in [-0.39, 0.29) is 5.54 Å². The molecule has 0 saturated carbocycles. The van der Waals surface area contributed by atoms with E-state index in [0.717, 1.165) is 47.7 Å². The Morgan fingerprint density at radius 1 is 1.00 bits per heavy atom. The minimum atomic E-state index is -0.233. The van der Waals surface area contributed by atoms with E-state index in [0.29, 0.717) is 13.2 Å². The van der Waals surface area contributed by atoms with Crippen LogP contribution in [0.25, 0.3) is 11.3 Å². The van der Waals surface area contributed by atoms with Crippen LogP contribution < -0.4 is 14.8 Å². The van der Waals surface area contributed by atoms with Gasteiger partial charge >= 0.3 is 0 Å². The zero-order chi connectivity index (χ0) is 20.1. The molecule has 5 nitrogen and oxygen atoms in total. The van der Waals surface area contributed by atoms with Crippen LogP contribution in [0.4, 0.5) is 0 Å². The van der Waals surface area contributed by atoms with E-state index < -0.39 is 0 Å². The molecule has 2 aromatic carbocycles. The molecule has 0 amide bonds. The average Bonchev–Trinajstić information content (AvgIpc) is 2.78. The van der Waals surface area contributed by atoms with E-state index in [1.807, 2.05) is 24.3 Å². The molecule has 1 aromatic heterocycles. The van der Waals surface area contributed by atoms with Gasteiger partial charge in [-0.25, -0.2) is 0 Å². The topological polar surface area (TPSA) is 56.3 Å². The largest absolute Gasteiger partial charge is 0.486 e. The molecule has 1 unspecified atom stereocenters. The molecule has 0 bridgehead atoms. The van der Waals surface area contributed by atoms with E-state index in [2.05, 4.69) is 59.7 Å². The SMILES string of the molecule is CCCC(C)(NCc1ccc2c(c1)OCCO2)c1ccnnc1-c1ccccc1. The smallest absolute Gasteiger partial charge is 0.161 e. The van der Waals surface area contributed by atoms with Crippen molar-refractivity contribution in [3.8, 4) is 22.8 Å². The highest BCUT2D eigenvalue weighted by Gasteiger charge is 2.29. The van der Waals surface area contributed by atoms with Gasteiger partial charge in [-0.3, -0.25) is 0 Å². The molecule has 4 rings (SSSR count). The summed E-state index contributed by atoms with van der Waals surface area (Å²) in [7, 11) is 0. The van der Waals surface area contributed by atoms with Gasteiger partial charge in [0.05, 0.1) is 5.69 Å². The van der Waals surface area contributed by atoms with Crippen molar-refractivity contribution in [2.75, 3.05) is 13.2 Å². The van der Waals surface area contributed by atoms with Crippen LogP contribution >= 0.6 is 0 Å². The zero-order valence-electron chi connectivity index (χ0n) is 17.0. The Morgan fingerprint density at radius 2 is 1.79 bits per heavy atom. The van der Waals surface area contributed by atoms with Crippen molar-refractivity contribution in [1.82, 2.24) is 15.5 Å². The summed E-state index contributed by atoms with van der Waals surface area (Å²) in [5.41, 5.74) is 4.11. The van der Waals surface area contributed by atoms with E-state index in [1.165, 1.54) is 5.56 Å². The molecule has 0 spiro atoms. The number of rotatable bonds is 7. The average molecular weight is 389 g/mol. The lowest BCUT2D eigenvalue weighted by molar-refractivity contribution is 0.171. The first-order valence-electron chi connectivity index (χ1n) is 10.2.